The number of ether oxygens (including phenoxy) is 1. The van der Waals surface area contributed by atoms with Gasteiger partial charge in [-0.3, -0.25) is 4.79 Å². The van der Waals surface area contributed by atoms with Crippen molar-refractivity contribution in [3.05, 3.63) is 62.9 Å². The number of aliphatic hydroxyl groups is 1. The fraction of sp³-hybridized carbons (Fsp3) is 0.381. The first-order valence-electron chi connectivity index (χ1n) is 9.07. The zero-order chi connectivity index (χ0) is 19.6. The molecule has 0 heterocycles. The molecule has 0 aromatic heterocycles. The molecule has 6 heteroatoms. The number of hydrogen-bond donors (Lipinski definition) is 2. The van der Waals surface area contributed by atoms with Crippen LogP contribution in [-0.2, 0) is 6.61 Å². The maximum absolute atomic E-state index is 13.6. The number of aliphatic hydroxyl groups excluding tert-OH is 1. The number of benzene rings is 2. The summed E-state index contributed by atoms with van der Waals surface area (Å²) in [6.07, 6.45) is 2.06. The van der Waals surface area contributed by atoms with Gasteiger partial charge in [-0.15, -0.1) is 0 Å². The molecule has 144 valence electrons. The summed E-state index contributed by atoms with van der Waals surface area (Å²) in [7, 11) is 0. The Morgan fingerprint density at radius 1 is 1.37 bits per heavy atom. The molecule has 1 fully saturated rings. The molecular weight excluding hydrogens is 413 g/mol. The summed E-state index contributed by atoms with van der Waals surface area (Å²) in [5.74, 6) is 0.280. The highest BCUT2D eigenvalue weighted by atomic mass is 79.9. The predicted molar refractivity (Wildman–Crippen MR) is 105 cm³/mol. The van der Waals surface area contributed by atoms with Gasteiger partial charge in [0.05, 0.1) is 29.3 Å². The van der Waals surface area contributed by atoms with Crippen molar-refractivity contribution >= 4 is 21.8 Å². The highest BCUT2D eigenvalue weighted by molar-refractivity contribution is 9.10. The average molecular weight is 436 g/mol. The first-order chi connectivity index (χ1) is 12.9. The van der Waals surface area contributed by atoms with Crippen LogP contribution in [0.2, 0.25) is 0 Å². The molecule has 0 spiro atoms. The molecule has 1 aliphatic rings. The van der Waals surface area contributed by atoms with E-state index in [1.165, 1.54) is 6.07 Å². The third kappa shape index (κ3) is 4.50. The molecule has 2 N–H and O–H groups in total. The van der Waals surface area contributed by atoms with E-state index in [2.05, 4.69) is 21.2 Å². The number of amides is 1. The second kappa shape index (κ2) is 8.40. The number of nitrogens with one attached hydrogen (secondary N) is 1. The van der Waals surface area contributed by atoms with Crippen molar-refractivity contribution in [1.82, 2.24) is 5.32 Å². The monoisotopic (exact) mass is 435 g/mol. The van der Waals surface area contributed by atoms with Crippen LogP contribution in [0.1, 0.15) is 52.9 Å². The van der Waals surface area contributed by atoms with Gasteiger partial charge in [-0.05, 0) is 83.4 Å². The number of aryl methyl sites for hydroxylation is 1. The normalized spacial score (nSPS) is 14.7. The molecule has 1 aliphatic carbocycles. The van der Waals surface area contributed by atoms with E-state index in [0.717, 1.165) is 18.4 Å². The van der Waals surface area contributed by atoms with Gasteiger partial charge in [0.1, 0.15) is 11.6 Å². The van der Waals surface area contributed by atoms with Gasteiger partial charge >= 0.3 is 0 Å². The Labute approximate surface area is 166 Å². The van der Waals surface area contributed by atoms with Crippen molar-refractivity contribution in [3.63, 3.8) is 0 Å². The van der Waals surface area contributed by atoms with Crippen molar-refractivity contribution in [2.45, 2.75) is 39.3 Å². The smallest absolute Gasteiger partial charge is 0.255 e. The number of carbonyl (C=O) groups is 1. The van der Waals surface area contributed by atoms with Gasteiger partial charge in [0.25, 0.3) is 5.91 Å². The Morgan fingerprint density at radius 2 is 2.11 bits per heavy atom. The summed E-state index contributed by atoms with van der Waals surface area (Å²) in [5, 5.41) is 12.6. The average Bonchev–Trinajstić information content (AvgIpc) is 3.48. The van der Waals surface area contributed by atoms with E-state index in [1.54, 1.807) is 31.2 Å². The number of rotatable bonds is 7. The Kier molecular flexibility index (Phi) is 6.17. The largest absolute Gasteiger partial charge is 0.492 e. The maximum Gasteiger partial charge on any atom is 0.255 e. The van der Waals surface area contributed by atoms with Gasteiger partial charge < -0.3 is 15.2 Å². The molecule has 0 aliphatic heterocycles. The molecule has 1 amide bonds. The molecule has 27 heavy (non-hydrogen) atoms. The van der Waals surface area contributed by atoms with E-state index in [9.17, 15) is 14.3 Å². The van der Waals surface area contributed by atoms with Gasteiger partial charge in [-0.2, -0.15) is 0 Å². The molecular formula is C21H23BrFNO3. The fourth-order valence-corrected chi connectivity index (χ4v) is 3.81. The summed E-state index contributed by atoms with van der Waals surface area (Å²) in [6, 6.07) is 8.18. The van der Waals surface area contributed by atoms with Crippen LogP contribution >= 0.6 is 15.9 Å². The van der Waals surface area contributed by atoms with Gasteiger partial charge in [-0.25, -0.2) is 4.39 Å². The molecule has 1 unspecified atom stereocenters. The lowest BCUT2D eigenvalue weighted by atomic mass is 9.99. The van der Waals surface area contributed by atoms with Crippen LogP contribution in [0.15, 0.2) is 34.8 Å². The number of hydrogen-bond acceptors (Lipinski definition) is 3. The molecule has 2 aromatic carbocycles. The highest BCUT2D eigenvalue weighted by Crippen LogP contribution is 2.42. The van der Waals surface area contributed by atoms with Crippen molar-refractivity contribution in [1.29, 1.82) is 0 Å². The van der Waals surface area contributed by atoms with Crippen LogP contribution in [0.4, 0.5) is 4.39 Å². The van der Waals surface area contributed by atoms with Gasteiger partial charge in [0, 0.05) is 0 Å². The minimum Gasteiger partial charge on any atom is -0.492 e. The highest BCUT2D eigenvalue weighted by Gasteiger charge is 2.34. The van der Waals surface area contributed by atoms with E-state index < -0.39 is 0 Å². The maximum atomic E-state index is 13.6. The second-order valence-corrected chi connectivity index (χ2v) is 7.70. The molecule has 2 aromatic rings. The van der Waals surface area contributed by atoms with E-state index in [0.29, 0.717) is 39.4 Å². The summed E-state index contributed by atoms with van der Waals surface area (Å²) < 4.78 is 19.9. The molecule has 0 bridgehead atoms. The first kappa shape index (κ1) is 19.8. The molecule has 1 saturated carbocycles. The first-order valence-corrected chi connectivity index (χ1v) is 9.86. The molecule has 0 saturated heterocycles. The zero-order valence-electron chi connectivity index (χ0n) is 15.4. The minimum absolute atomic E-state index is 0.172. The second-order valence-electron chi connectivity index (χ2n) is 6.84. The standard InChI is InChI=1S/C21H23BrFNO3/c1-3-27-20-16(9-13(11-25)10-17(20)22)21(26)24-19(14-4-5-14)15-6-7-18(23)12(2)8-15/h6-10,14,19,25H,3-5,11H2,1-2H3,(H,24,26). The lowest BCUT2D eigenvalue weighted by Gasteiger charge is -2.21. The molecule has 4 nitrogen and oxygen atoms in total. The lowest BCUT2D eigenvalue weighted by Crippen LogP contribution is -2.30. The fourth-order valence-electron chi connectivity index (χ4n) is 3.18. The number of halogens is 2. The van der Waals surface area contributed by atoms with Crippen molar-refractivity contribution in [3.8, 4) is 5.75 Å². The SMILES string of the molecule is CCOc1c(Br)cc(CO)cc1C(=O)NC(c1ccc(F)c(C)c1)C1CC1. The van der Waals surface area contributed by atoms with Crippen LogP contribution in [0, 0.1) is 18.7 Å². The van der Waals surface area contributed by atoms with E-state index in [4.69, 9.17) is 4.74 Å². The Morgan fingerprint density at radius 3 is 2.70 bits per heavy atom. The van der Waals surface area contributed by atoms with Crippen LogP contribution in [-0.4, -0.2) is 17.6 Å². The van der Waals surface area contributed by atoms with Crippen LogP contribution in [0.25, 0.3) is 0 Å². The Bertz CT molecular complexity index is 852. The minimum atomic E-state index is -0.270. The van der Waals surface area contributed by atoms with Crippen LogP contribution in [0.5, 0.6) is 5.75 Å². The summed E-state index contributed by atoms with van der Waals surface area (Å²) >= 11 is 3.42. The lowest BCUT2D eigenvalue weighted by molar-refractivity contribution is 0.0927. The Balaban J connectivity index is 1.92. The Hall–Kier alpha value is -1.92. The topological polar surface area (TPSA) is 58.6 Å². The van der Waals surface area contributed by atoms with Crippen molar-refractivity contribution < 1.29 is 19.0 Å². The van der Waals surface area contributed by atoms with Gasteiger partial charge in [-0.1, -0.05) is 12.1 Å². The summed E-state index contributed by atoms with van der Waals surface area (Å²) in [5.41, 5.74) is 2.46. The van der Waals surface area contributed by atoms with E-state index in [-0.39, 0.29) is 24.4 Å². The van der Waals surface area contributed by atoms with Crippen molar-refractivity contribution in [2.75, 3.05) is 6.61 Å². The summed E-state index contributed by atoms with van der Waals surface area (Å²) in [6.45, 7) is 3.82. The van der Waals surface area contributed by atoms with Crippen molar-refractivity contribution in [2.24, 2.45) is 5.92 Å². The molecule has 1 atom stereocenters. The number of carbonyl (C=O) groups excluding carboxylic acids is 1. The zero-order valence-corrected chi connectivity index (χ0v) is 17.0. The van der Waals surface area contributed by atoms with Crippen LogP contribution < -0.4 is 10.1 Å². The summed E-state index contributed by atoms with van der Waals surface area (Å²) in [4.78, 5) is 13.1. The van der Waals surface area contributed by atoms with Crippen LogP contribution in [0.3, 0.4) is 0 Å². The quantitative estimate of drug-likeness (QED) is 0.664. The third-order valence-corrected chi connectivity index (χ3v) is 5.33. The molecule has 0 radical (unpaired) electrons. The third-order valence-electron chi connectivity index (χ3n) is 4.74. The molecule has 3 rings (SSSR count). The predicted octanol–water partition coefficient (Wildman–Crippen LogP) is 4.67. The van der Waals surface area contributed by atoms with E-state index >= 15 is 0 Å². The van der Waals surface area contributed by atoms with Gasteiger partial charge in [0.2, 0.25) is 0 Å². The van der Waals surface area contributed by atoms with Gasteiger partial charge in [0.15, 0.2) is 0 Å². The van der Waals surface area contributed by atoms with E-state index in [1.807, 2.05) is 6.92 Å².